The fourth-order valence-electron chi connectivity index (χ4n) is 2.62. The van der Waals surface area contributed by atoms with Gasteiger partial charge in [-0.3, -0.25) is 4.99 Å². The monoisotopic (exact) mass is 302 g/mol. The molecule has 0 aromatic rings. The molecule has 0 bridgehead atoms. The summed E-state index contributed by atoms with van der Waals surface area (Å²) in [6, 6.07) is 0. The third kappa shape index (κ3) is 4.23. The lowest BCUT2D eigenvalue weighted by atomic mass is 9.88. The smallest absolute Gasteiger partial charge is 0.352 e. The number of aliphatic imine (C=N–C) groups is 1. The molecule has 1 atom stereocenters. The Labute approximate surface area is 121 Å². The zero-order chi connectivity index (χ0) is 15.5. The summed E-state index contributed by atoms with van der Waals surface area (Å²) in [7, 11) is 0. The van der Waals surface area contributed by atoms with Gasteiger partial charge in [0.1, 0.15) is 5.70 Å². The van der Waals surface area contributed by atoms with E-state index >= 15 is 0 Å². The number of allylic oxidation sites excluding steroid dienone is 1. The molecule has 1 aliphatic heterocycles. The lowest BCUT2D eigenvalue weighted by Gasteiger charge is -2.27. The first-order chi connectivity index (χ1) is 9.89. The van der Waals surface area contributed by atoms with Crippen molar-refractivity contribution in [2.24, 2.45) is 10.7 Å². The molecule has 1 heterocycles. The highest BCUT2D eigenvalue weighted by atomic mass is 19.3. The van der Waals surface area contributed by atoms with Crippen molar-refractivity contribution in [2.45, 2.75) is 50.6 Å². The number of nitrogens with two attached hydrogens (primary N) is 1. The van der Waals surface area contributed by atoms with Crippen molar-refractivity contribution >= 4 is 11.7 Å². The maximum atomic E-state index is 13.5. The molecule has 5 nitrogen and oxygen atoms in total. The highest BCUT2D eigenvalue weighted by Gasteiger charge is 2.38. The van der Waals surface area contributed by atoms with E-state index in [0.29, 0.717) is 18.9 Å². The molecule has 0 radical (unpaired) electrons. The summed E-state index contributed by atoms with van der Waals surface area (Å²) in [4.78, 5) is 15.3. The van der Waals surface area contributed by atoms with E-state index in [2.05, 4.69) is 4.99 Å². The number of halogens is 2. The molecular formula is C14H20F2N2O3. The van der Waals surface area contributed by atoms with Gasteiger partial charge in [-0.25, -0.2) is 13.6 Å². The zero-order valence-electron chi connectivity index (χ0n) is 11.8. The van der Waals surface area contributed by atoms with E-state index in [0.717, 1.165) is 19.3 Å². The second-order valence-corrected chi connectivity index (χ2v) is 5.51. The van der Waals surface area contributed by atoms with E-state index in [1.165, 1.54) is 0 Å². The quantitative estimate of drug-likeness (QED) is 0.782. The number of carbonyl (C=O) groups is 1. The molecule has 1 unspecified atom stereocenters. The molecule has 118 valence electrons. The molecule has 3 N–H and O–H groups in total. The predicted molar refractivity (Wildman–Crippen MR) is 73.5 cm³/mol. The molecule has 2 rings (SSSR count). The van der Waals surface area contributed by atoms with Crippen molar-refractivity contribution in [3.8, 4) is 0 Å². The van der Waals surface area contributed by atoms with Crippen molar-refractivity contribution in [3.05, 3.63) is 11.3 Å². The van der Waals surface area contributed by atoms with Gasteiger partial charge >= 0.3 is 5.97 Å². The number of carboxylic acid groups (broad SMARTS) is 1. The van der Waals surface area contributed by atoms with E-state index in [9.17, 15) is 13.6 Å². The van der Waals surface area contributed by atoms with Crippen molar-refractivity contribution in [3.63, 3.8) is 0 Å². The SMILES string of the molecule is N/C(C(=O)O)=C1/CC(F)(F)CCC1=NCC1CCCCO1. The molecular weight excluding hydrogens is 282 g/mol. The molecule has 0 amide bonds. The van der Waals surface area contributed by atoms with Gasteiger partial charge in [-0.2, -0.15) is 0 Å². The second kappa shape index (κ2) is 6.51. The van der Waals surface area contributed by atoms with Gasteiger partial charge in [-0.1, -0.05) is 0 Å². The van der Waals surface area contributed by atoms with Gasteiger partial charge in [-0.15, -0.1) is 0 Å². The molecule has 1 aliphatic carbocycles. The maximum absolute atomic E-state index is 13.5. The number of carboxylic acids is 1. The van der Waals surface area contributed by atoms with Crippen LogP contribution in [-0.4, -0.2) is 42.0 Å². The fourth-order valence-corrected chi connectivity index (χ4v) is 2.62. The van der Waals surface area contributed by atoms with Crippen LogP contribution in [0.5, 0.6) is 0 Å². The zero-order valence-corrected chi connectivity index (χ0v) is 11.8. The van der Waals surface area contributed by atoms with Crippen LogP contribution in [0.15, 0.2) is 16.3 Å². The predicted octanol–water partition coefficient (Wildman–Crippen LogP) is 2.11. The van der Waals surface area contributed by atoms with Crippen molar-refractivity contribution < 1.29 is 23.4 Å². The van der Waals surface area contributed by atoms with Crippen LogP contribution in [0.25, 0.3) is 0 Å². The standard InChI is InChI=1S/C14H20F2N2O3/c15-14(16)5-4-11(10(7-14)12(17)13(19)20)18-8-9-3-1-2-6-21-9/h9H,1-8,17H2,(H,19,20)/b12-10-,18-11?. The highest BCUT2D eigenvalue weighted by molar-refractivity contribution is 6.06. The Balaban J connectivity index is 2.15. The minimum Gasteiger partial charge on any atom is -0.477 e. The molecule has 1 saturated heterocycles. The number of rotatable bonds is 3. The van der Waals surface area contributed by atoms with Crippen LogP contribution in [0.1, 0.15) is 38.5 Å². The molecule has 2 aliphatic rings. The third-order valence-corrected chi connectivity index (χ3v) is 3.83. The van der Waals surface area contributed by atoms with Gasteiger partial charge in [0.25, 0.3) is 5.92 Å². The summed E-state index contributed by atoms with van der Waals surface area (Å²) in [5.41, 5.74) is 5.27. The number of alkyl halides is 2. The van der Waals surface area contributed by atoms with Crippen LogP contribution in [0, 0.1) is 0 Å². The largest absolute Gasteiger partial charge is 0.477 e. The van der Waals surface area contributed by atoms with Crippen LogP contribution in [0.2, 0.25) is 0 Å². The summed E-state index contributed by atoms with van der Waals surface area (Å²) in [6.07, 6.45) is 2.03. The van der Waals surface area contributed by atoms with Gasteiger partial charge < -0.3 is 15.6 Å². The average molecular weight is 302 g/mol. The van der Waals surface area contributed by atoms with E-state index in [4.69, 9.17) is 15.6 Å². The van der Waals surface area contributed by atoms with Gasteiger partial charge in [0.05, 0.1) is 12.6 Å². The number of nitrogens with zero attached hydrogens (tertiary/aromatic N) is 1. The lowest BCUT2D eigenvalue weighted by Crippen LogP contribution is -2.31. The van der Waals surface area contributed by atoms with E-state index in [1.807, 2.05) is 0 Å². The van der Waals surface area contributed by atoms with Gasteiger partial charge in [0, 0.05) is 30.7 Å². The third-order valence-electron chi connectivity index (χ3n) is 3.83. The van der Waals surface area contributed by atoms with Crippen LogP contribution >= 0.6 is 0 Å². The first-order valence-corrected chi connectivity index (χ1v) is 7.14. The normalized spacial score (nSPS) is 30.2. The summed E-state index contributed by atoms with van der Waals surface area (Å²) in [5, 5.41) is 8.93. The van der Waals surface area contributed by atoms with E-state index < -0.39 is 24.0 Å². The molecule has 0 aromatic heterocycles. The molecule has 2 fully saturated rings. The Bertz CT molecular complexity index is 469. The van der Waals surface area contributed by atoms with E-state index in [-0.39, 0.29) is 24.5 Å². The number of aliphatic carboxylic acids is 1. The molecule has 0 aromatic carbocycles. The Kier molecular flexibility index (Phi) is 4.92. The topological polar surface area (TPSA) is 84.9 Å². The molecule has 1 saturated carbocycles. The summed E-state index contributed by atoms with van der Waals surface area (Å²) in [5.74, 6) is -4.31. The molecule has 7 heteroatoms. The Morgan fingerprint density at radius 3 is 2.86 bits per heavy atom. The van der Waals surface area contributed by atoms with Crippen LogP contribution in [0.4, 0.5) is 8.78 Å². The fraction of sp³-hybridized carbons (Fsp3) is 0.714. The van der Waals surface area contributed by atoms with Crippen molar-refractivity contribution in [2.75, 3.05) is 13.2 Å². The number of hydrogen-bond donors (Lipinski definition) is 2. The van der Waals surface area contributed by atoms with Crippen LogP contribution in [-0.2, 0) is 9.53 Å². The number of hydrogen-bond acceptors (Lipinski definition) is 4. The van der Waals surface area contributed by atoms with Crippen LogP contribution in [0.3, 0.4) is 0 Å². The van der Waals surface area contributed by atoms with Crippen molar-refractivity contribution in [1.82, 2.24) is 0 Å². The molecule has 21 heavy (non-hydrogen) atoms. The first-order valence-electron chi connectivity index (χ1n) is 7.14. The Morgan fingerprint density at radius 1 is 1.48 bits per heavy atom. The average Bonchev–Trinajstić information content (AvgIpc) is 2.45. The maximum Gasteiger partial charge on any atom is 0.352 e. The summed E-state index contributed by atoms with van der Waals surface area (Å²) < 4.78 is 32.5. The second-order valence-electron chi connectivity index (χ2n) is 5.51. The lowest BCUT2D eigenvalue weighted by molar-refractivity contribution is -0.132. The minimum absolute atomic E-state index is 0.0130. The Morgan fingerprint density at radius 2 is 2.24 bits per heavy atom. The minimum atomic E-state index is -2.92. The summed E-state index contributed by atoms with van der Waals surface area (Å²) >= 11 is 0. The van der Waals surface area contributed by atoms with Gasteiger partial charge in [0.2, 0.25) is 0 Å². The van der Waals surface area contributed by atoms with Gasteiger partial charge in [0.15, 0.2) is 0 Å². The van der Waals surface area contributed by atoms with E-state index in [1.54, 1.807) is 0 Å². The van der Waals surface area contributed by atoms with Gasteiger partial charge in [-0.05, 0) is 25.7 Å². The Hall–Kier alpha value is -1.50. The van der Waals surface area contributed by atoms with Crippen LogP contribution < -0.4 is 5.73 Å². The van der Waals surface area contributed by atoms with Crippen molar-refractivity contribution in [1.29, 1.82) is 0 Å². The summed E-state index contributed by atoms with van der Waals surface area (Å²) in [6.45, 7) is 1.06. The number of ether oxygens (including phenoxy) is 1. The first kappa shape index (κ1) is 15.9. The highest BCUT2D eigenvalue weighted by Crippen LogP contribution is 2.36. The molecule has 0 spiro atoms.